The molecule has 0 bridgehead atoms. The maximum Gasteiger partial charge on any atom is 0.0564 e. The number of aliphatic hydroxyl groups is 1. The molecule has 21 heavy (non-hydrogen) atoms. The number of likely N-dealkylation sites (tertiary alicyclic amines) is 1. The van der Waals surface area contributed by atoms with Gasteiger partial charge in [-0.05, 0) is 56.5 Å². The summed E-state index contributed by atoms with van der Waals surface area (Å²) in [4.78, 5) is 2.48. The van der Waals surface area contributed by atoms with Crippen molar-refractivity contribution >= 4 is 15.9 Å². The Morgan fingerprint density at radius 1 is 1.38 bits per heavy atom. The van der Waals surface area contributed by atoms with Crippen molar-refractivity contribution in [2.75, 3.05) is 26.2 Å². The van der Waals surface area contributed by atoms with Crippen LogP contribution in [-0.4, -0.2) is 42.3 Å². The quantitative estimate of drug-likeness (QED) is 0.788. The fourth-order valence-corrected chi connectivity index (χ4v) is 3.30. The van der Waals surface area contributed by atoms with Gasteiger partial charge in [0.15, 0.2) is 0 Å². The van der Waals surface area contributed by atoms with Gasteiger partial charge in [0.2, 0.25) is 0 Å². The Morgan fingerprint density at radius 3 is 2.81 bits per heavy atom. The molecule has 1 aliphatic heterocycles. The van der Waals surface area contributed by atoms with Crippen LogP contribution in [0.1, 0.15) is 44.2 Å². The van der Waals surface area contributed by atoms with Gasteiger partial charge in [-0.25, -0.2) is 0 Å². The second kappa shape index (κ2) is 8.89. The van der Waals surface area contributed by atoms with E-state index in [1.54, 1.807) is 0 Å². The lowest BCUT2D eigenvalue weighted by molar-refractivity contribution is 0.0806. The average Bonchev–Trinajstić information content (AvgIpc) is 2.49. The van der Waals surface area contributed by atoms with E-state index in [9.17, 15) is 5.11 Å². The molecule has 1 unspecified atom stereocenters. The predicted octanol–water partition coefficient (Wildman–Crippen LogP) is 3.34. The maximum atomic E-state index is 9.58. The van der Waals surface area contributed by atoms with Gasteiger partial charge >= 0.3 is 0 Å². The van der Waals surface area contributed by atoms with Gasteiger partial charge in [-0.15, -0.1) is 0 Å². The number of aliphatic hydroxyl groups excluding tert-OH is 1. The normalized spacial score (nSPS) is 18.8. The van der Waals surface area contributed by atoms with Crippen LogP contribution in [0.3, 0.4) is 0 Å². The van der Waals surface area contributed by atoms with Crippen LogP contribution in [0, 0.1) is 0 Å². The first-order valence-corrected chi connectivity index (χ1v) is 8.87. The van der Waals surface area contributed by atoms with Crippen molar-refractivity contribution < 1.29 is 5.11 Å². The summed E-state index contributed by atoms with van der Waals surface area (Å²) >= 11 is 3.57. The number of benzene rings is 1. The highest BCUT2D eigenvalue weighted by Gasteiger charge is 2.18. The third-order valence-corrected chi connectivity index (χ3v) is 4.68. The van der Waals surface area contributed by atoms with E-state index < -0.39 is 0 Å². The third-order valence-electron chi connectivity index (χ3n) is 4.18. The zero-order valence-corrected chi connectivity index (χ0v) is 14.5. The van der Waals surface area contributed by atoms with E-state index in [-0.39, 0.29) is 6.10 Å². The smallest absolute Gasteiger partial charge is 0.0564 e. The maximum absolute atomic E-state index is 9.58. The molecule has 1 heterocycles. The molecule has 3 nitrogen and oxygen atoms in total. The molecule has 1 aromatic carbocycles. The summed E-state index contributed by atoms with van der Waals surface area (Å²) in [5, 5.41) is 13.2. The van der Waals surface area contributed by atoms with Gasteiger partial charge in [0.05, 0.1) is 6.10 Å². The number of rotatable bonds is 7. The lowest BCUT2D eigenvalue weighted by atomic mass is 10.0. The monoisotopic (exact) mass is 354 g/mol. The van der Waals surface area contributed by atoms with E-state index in [1.807, 2.05) is 0 Å². The van der Waals surface area contributed by atoms with Gasteiger partial charge in [-0.2, -0.15) is 0 Å². The summed E-state index contributed by atoms with van der Waals surface area (Å²) in [5.41, 5.74) is 1.36. The molecule has 0 amide bonds. The minimum absolute atomic E-state index is 0.0830. The van der Waals surface area contributed by atoms with Crippen LogP contribution in [0.4, 0.5) is 0 Å². The molecule has 0 radical (unpaired) electrons. The molecule has 0 aliphatic carbocycles. The Bertz CT molecular complexity index is 419. The molecule has 1 aliphatic rings. The lowest BCUT2D eigenvalue weighted by Gasteiger charge is -2.31. The average molecular weight is 355 g/mol. The molecule has 1 saturated heterocycles. The van der Waals surface area contributed by atoms with Gasteiger partial charge in [0.25, 0.3) is 0 Å². The number of nitrogens with one attached hydrogen (secondary N) is 1. The zero-order valence-electron chi connectivity index (χ0n) is 12.9. The van der Waals surface area contributed by atoms with Crippen LogP contribution < -0.4 is 5.32 Å². The predicted molar refractivity (Wildman–Crippen MR) is 91.5 cm³/mol. The van der Waals surface area contributed by atoms with Gasteiger partial charge in [-0.1, -0.05) is 35.0 Å². The summed E-state index contributed by atoms with van der Waals surface area (Å²) < 4.78 is 1.14. The summed E-state index contributed by atoms with van der Waals surface area (Å²) in [6.45, 7) is 6.41. The number of nitrogens with zero attached hydrogens (tertiary/aromatic N) is 1. The molecule has 4 heteroatoms. The number of hydrogen-bond acceptors (Lipinski definition) is 3. The number of hydrogen-bond donors (Lipinski definition) is 2. The molecular weight excluding hydrogens is 328 g/mol. The van der Waals surface area contributed by atoms with Crippen LogP contribution >= 0.6 is 15.9 Å². The fourth-order valence-electron chi connectivity index (χ4n) is 2.88. The van der Waals surface area contributed by atoms with Gasteiger partial charge in [0.1, 0.15) is 0 Å². The van der Waals surface area contributed by atoms with Gasteiger partial charge < -0.3 is 15.3 Å². The van der Waals surface area contributed by atoms with E-state index in [2.05, 4.69) is 57.3 Å². The first-order valence-electron chi connectivity index (χ1n) is 8.08. The second-order valence-electron chi connectivity index (χ2n) is 5.92. The van der Waals surface area contributed by atoms with Crippen LogP contribution in [0.2, 0.25) is 0 Å². The fraction of sp³-hybridized carbons (Fsp3) is 0.647. The molecule has 2 rings (SSSR count). The number of piperidine rings is 1. The Hall–Kier alpha value is -0.420. The highest BCUT2D eigenvalue weighted by molar-refractivity contribution is 9.10. The molecule has 1 aromatic rings. The third kappa shape index (κ3) is 5.70. The first kappa shape index (κ1) is 16.9. The van der Waals surface area contributed by atoms with Crippen molar-refractivity contribution in [3.63, 3.8) is 0 Å². The number of halogens is 1. The van der Waals surface area contributed by atoms with E-state index in [4.69, 9.17) is 0 Å². The molecule has 1 fully saturated rings. The topological polar surface area (TPSA) is 35.5 Å². The summed E-state index contributed by atoms with van der Waals surface area (Å²) in [5.74, 6) is 0. The summed E-state index contributed by atoms with van der Waals surface area (Å²) in [6.07, 6.45) is 4.03. The van der Waals surface area contributed by atoms with E-state index >= 15 is 0 Å². The van der Waals surface area contributed by atoms with Crippen LogP contribution in [-0.2, 0) is 0 Å². The minimum atomic E-state index is -0.0830. The van der Waals surface area contributed by atoms with Crippen molar-refractivity contribution in [2.24, 2.45) is 0 Å². The van der Waals surface area contributed by atoms with Crippen molar-refractivity contribution in [2.45, 2.75) is 44.8 Å². The second-order valence-corrected chi connectivity index (χ2v) is 6.84. The van der Waals surface area contributed by atoms with Gasteiger partial charge in [-0.3, -0.25) is 0 Å². The SMILES string of the molecule is CCCNC(CCN1CCC(O)CC1)c1cccc(Br)c1. The van der Waals surface area contributed by atoms with Crippen molar-refractivity contribution in [1.29, 1.82) is 0 Å². The standard InChI is InChI=1S/C17H27BrN2O/c1-2-9-19-17(14-4-3-5-15(18)13-14)8-12-20-10-6-16(21)7-11-20/h3-5,13,16-17,19,21H,2,6-12H2,1H3. The Labute approximate surface area is 136 Å². The summed E-state index contributed by atoms with van der Waals surface area (Å²) in [7, 11) is 0. The van der Waals surface area contributed by atoms with Crippen molar-refractivity contribution in [3.8, 4) is 0 Å². The Balaban J connectivity index is 1.90. The van der Waals surface area contributed by atoms with Gasteiger partial charge in [0, 0.05) is 23.6 Å². The first-order chi connectivity index (χ1) is 10.2. The molecule has 0 saturated carbocycles. The Kier molecular flexibility index (Phi) is 7.17. The molecule has 0 aromatic heterocycles. The largest absolute Gasteiger partial charge is 0.393 e. The Morgan fingerprint density at radius 2 is 2.14 bits per heavy atom. The van der Waals surface area contributed by atoms with E-state index in [0.29, 0.717) is 6.04 Å². The van der Waals surface area contributed by atoms with Crippen molar-refractivity contribution in [3.05, 3.63) is 34.3 Å². The van der Waals surface area contributed by atoms with Crippen LogP contribution in [0.15, 0.2) is 28.7 Å². The lowest BCUT2D eigenvalue weighted by Crippen LogP contribution is -2.37. The van der Waals surface area contributed by atoms with Crippen molar-refractivity contribution in [1.82, 2.24) is 10.2 Å². The summed E-state index contributed by atoms with van der Waals surface area (Å²) in [6, 6.07) is 9.02. The molecular formula is C17H27BrN2O. The minimum Gasteiger partial charge on any atom is -0.393 e. The molecule has 2 N–H and O–H groups in total. The molecule has 118 valence electrons. The molecule has 1 atom stereocenters. The van der Waals surface area contributed by atoms with E-state index in [0.717, 1.165) is 56.3 Å². The highest BCUT2D eigenvalue weighted by atomic mass is 79.9. The molecule has 0 spiro atoms. The highest BCUT2D eigenvalue weighted by Crippen LogP contribution is 2.22. The van der Waals surface area contributed by atoms with Crippen LogP contribution in [0.25, 0.3) is 0 Å². The zero-order chi connectivity index (χ0) is 15.1. The van der Waals surface area contributed by atoms with Crippen LogP contribution in [0.5, 0.6) is 0 Å². The van der Waals surface area contributed by atoms with E-state index in [1.165, 1.54) is 5.56 Å².